The first kappa shape index (κ1) is 25.5. The molecule has 0 bridgehead atoms. The summed E-state index contributed by atoms with van der Waals surface area (Å²) in [5.41, 5.74) is 1.62. The average Bonchev–Trinajstić information content (AvgIpc) is 2.77. The molecule has 3 amide bonds. The lowest BCUT2D eigenvalue weighted by molar-refractivity contribution is -0.131. The van der Waals surface area contributed by atoms with Crippen molar-refractivity contribution < 1.29 is 19.6 Å². The Kier molecular flexibility index (Phi) is 12.1. The summed E-state index contributed by atoms with van der Waals surface area (Å²) in [5, 5.41) is 14.6. The van der Waals surface area contributed by atoms with Gasteiger partial charge in [0, 0.05) is 29.5 Å². The van der Waals surface area contributed by atoms with E-state index in [4.69, 9.17) is 5.21 Å². The summed E-state index contributed by atoms with van der Waals surface area (Å²) in [7, 11) is 0. The Morgan fingerprint density at radius 1 is 1.03 bits per heavy atom. The number of thioether (sulfide) groups is 1. The monoisotopic (exact) mass is 505 g/mol. The molecule has 0 unspecified atom stereocenters. The van der Waals surface area contributed by atoms with Crippen LogP contribution in [0.15, 0.2) is 0 Å². The van der Waals surface area contributed by atoms with Gasteiger partial charge in [-0.15, -0.1) is 0 Å². The molecule has 7 nitrogen and oxygen atoms in total. The molecule has 0 aromatic carbocycles. The van der Waals surface area contributed by atoms with E-state index < -0.39 is 11.9 Å². The minimum atomic E-state index is -0.556. The maximum absolute atomic E-state index is 12.8. The third-order valence-electron chi connectivity index (χ3n) is 6.05. The predicted octanol–water partition coefficient (Wildman–Crippen LogP) is 3.14. The first-order valence-corrected chi connectivity index (χ1v) is 13.3. The van der Waals surface area contributed by atoms with Crippen LogP contribution in [0.2, 0.25) is 0 Å². The smallest absolute Gasteiger partial charge is 0.243 e. The van der Waals surface area contributed by atoms with E-state index in [1.54, 1.807) is 17.2 Å². The second-order valence-electron chi connectivity index (χ2n) is 8.47. The van der Waals surface area contributed by atoms with Crippen LogP contribution in [-0.2, 0) is 14.4 Å². The Morgan fingerprint density at radius 3 is 2.40 bits per heavy atom. The summed E-state index contributed by atoms with van der Waals surface area (Å²) < 4.78 is 0. The maximum Gasteiger partial charge on any atom is 0.243 e. The largest absolute Gasteiger partial charge is 0.354 e. The number of amides is 3. The Labute approximate surface area is 192 Å². The van der Waals surface area contributed by atoms with Gasteiger partial charge >= 0.3 is 0 Å². The van der Waals surface area contributed by atoms with E-state index in [0.29, 0.717) is 35.2 Å². The van der Waals surface area contributed by atoms with E-state index >= 15 is 0 Å². The molecule has 30 heavy (non-hydrogen) atoms. The lowest BCUT2D eigenvalue weighted by Gasteiger charge is -2.27. The number of hydrogen-bond acceptors (Lipinski definition) is 5. The summed E-state index contributed by atoms with van der Waals surface area (Å²) in [6.45, 7) is 0.682. The van der Waals surface area contributed by atoms with Crippen LogP contribution in [0.4, 0.5) is 0 Å². The van der Waals surface area contributed by atoms with Crippen molar-refractivity contribution in [2.24, 2.45) is 11.8 Å². The summed E-state index contributed by atoms with van der Waals surface area (Å²) in [5.74, 6) is 1.15. The van der Waals surface area contributed by atoms with Crippen molar-refractivity contribution in [3.63, 3.8) is 0 Å². The lowest BCUT2D eigenvalue weighted by Crippen LogP contribution is -2.51. The molecule has 2 rings (SSSR count). The Hall–Kier alpha value is -0.800. The zero-order valence-corrected chi connectivity index (χ0v) is 20.1. The fraction of sp³-hybridized carbons (Fsp3) is 0.857. The zero-order valence-electron chi connectivity index (χ0n) is 17.7. The molecule has 0 spiro atoms. The first-order chi connectivity index (χ1) is 14.5. The van der Waals surface area contributed by atoms with Gasteiger partial charge in [-0.05, 0) is 56.6 Å². The van der Waals surface area contributed by atoms with Gasteiger partial charge in [0.15, 0.2) is 0 Å². The number of halogens is 1. The molecule has 0 aromatic heterocycles. The molecule has 0 aliphatic heterocycles. The van der Waals surface area contributed by atoms with Crippen molar-refractivity contribution in [1.29, 1.82) is 0 Å². The third kappa shape index (κ3) is 9.56. The highest BCUT2D eigenvalue weighted by Gasteiger charge is 2.29. The van der Waals surface area contributed by atoms with Crippen LogP contribution in [0.1, 0.15) is 70.6 Å². The highest BCUT2D eigenvalue weighted by Crippen LogP contribution is 2.29. The van der Waals surface area contributed by atoms with Crippen LogP contribution in [0.3, 0.4) is 0 Å². The summed E-state index contributed by atoms with van der Waals surface area (Å²) >= 11 is 5.17. The molecular formula is C21H36BrN3O4S. The van der Waals surface area contributed by atoms with Crippen LogP contribution in [0, 0.1) is 11.8 Å². The van der Waals surface area contributed by atoms with Gasteiger partial charge < -0.3 is 10.6 Å². The number of carbonyl (C=O) groups is 3. The number of nitrogens with one attached hydrogen (secondary N) is 3. The van der Waals surface area contributed by atoms with Gasteiger partial charge in [-0.3, -0.25) is 19.6 Å². The molecular weight excluding hydrogens is 470 g/mol. The number of hydroxylamine groups is 1. The van der Waals surface area contributed by atoms with Crippen molar-refractivity contribution in [1.82, 2.24) is 16.1 Å². The molecule has 4 N–H and O–H groups in total. The van der Waals surface area contributed by atoms with Gasteiger partial charge in [0.2, 0.25) is 17.7 Å². The number of carbonyl (C=O) groups excluding carboxylic acids is 3. The van der Waals surface area contributed by atoms with Gasteiger partial charge in [-0.2, -0.15) is 11.8 Å². The normalized spacial score (nSPS) is 23.4. The quantitative estimate of drug-likeness (QED) is 0.149. The second kappa shape index (κ2) is 14.3. The average molecular weight is 507 g/mol. The molecule has 2 aliphatic carbocycles. The van der Waals surface area contributed by atoms with Crippen LogP contribution >= 0.6 is 27.7 Å². The topological polar surface area (TPSA) is 108 Å². The van der Waals surface area contributed by atoms with Crippen LogP contribution < -0.4 is 16.1 Å². The SMILES string of the molecule is O=C(CCCSC[C@H](NC(=O)C1CCC(Br)CC1)C(=O)NCC1CCCCC1)NO. The molecule has 2 aliphatic rings. The third-order valence-corrected chi connectivity index (χ3v) is 8.11. The fourth-order valence-corrected chi connectivity index (χ4v) is 5.65. The Morgan fingerprint density at radius 2 is 1.73 bits per heavy atom. The van der Waals surface area contributed by atoms with E-state index in [9.17, 15) is 14.4 Å². The van der Waals surface area contributed by atoms with Crippen LogP contribution in [0.25, 0.3) is 0 Å². The lowest BCUT2D eigenvalue weighted by atomic mass is 9.88. The maximum atomic E-state index is 12.8. The van der Waals surface area contributed by atoms with Gasteiger partial charge in [0.25, 0.3) is 0 Å². The van der Waals surface area contributed by atoms with Gasteiger partial charge in [0.1, 0.15) is 6.04 Å². The van der Waals surface area contributed by atoms with Gasteiger partial charge in [-0.1, -0.05) is 35.2 Å². The molecule has 0 radical (unpaired) electrons. The fourth-order valence-electron chi connectivity index (χ4n) is 4.14. The van der Waals surface area contributed by atoms with Crippen LogP contribution in [-0.4, -0.2) is 51.8 Å². The predicted molar refractivity (Wildman–Crippen MR) is 123 cm³/mol. The summed E-state index contributed by atoms with van der Waals surface area (Å²) in [6.07, 6.45) is 10.6. The van der Waals surface area contributed by atoms with Crippen molar-refractivity contribution in [2.45, 2.75) is 81.5 Å². The number of alkyl halides is 1. The van der Waals surface area contributed by atoms with Crippen molar-refractivity contribution in [3.05, 3.63) is 0 Å². The van der Waals surface area contributed by atoms with E-state index in [1.807, 2.05) is 0 Å². The van der Waals surface area contributed by atoms with Gasteiger partial charge in [-0.25, -0.2) is 5.48 Å². The summed E-state index contributed by atoms with van der Waals surface area (Å²) in [4.78, 5) is 37.2. The molecule has 2 fully saturated rings. The van der Waals surface area contributed by atoms with Crippen LogP contribution in [0.5, 0.6) is 0 Å². The second-order valence-corrected chi connectivity index (χ2v) is 10.9. The standard InChI is InChI=1S/C21H36BrN3O4S/c22-17-10-8-16(9-11-17)20(27)24-18(14-30-12-4-7-19(26)25-29)21(28)23-13-15-5-2-1-3-6-15/h15-18,29H,1-14H2,(H,23,28)(H,24,27)(H,25,26)/t16?,17?,18-/m0/s1. The highest BCUT2D eigenvalue weighted by molar-refractivity contribution is 9.09. The molecule has 172 valence electrons. The van der Waals surface area contributed by atoms with E-state index in [-0.39, 0.29) is 24.2 Å². The van der Waals surface area contributed by atoms with E-state index in [0.717, 1.165) is 38.5 Å². The molecule has 0 heterocycles. The van der Waals surface area contributed by atoms with E-state index in [2.05, 4.69) is 26.6 Å². The van der Waals surface area contributed by atoms with Crippen molar-refractivity contribution in [2.75, 3.05) is 18.1 Å². The molecule has 0 saturated heterocycles. The minimum absolute atomic E-state index is 0.0209. The summed E-state index contributed by atoms with van der Waals surface area (Å²) in [6, 6.07) is -0.556. The van der Waals surface area contributed by atoms with Gasteiger partial charge in [0.05, 0.1) is 0 Å². The molecule has 0 aromatic rings. The highest BCUT2D eigenvalue weighted by atomic mass is 79.9. The van der Waals surface area contributed by atoms with E-state index in [1.165, 1.54) is 19.3 Å². The number of hydrogen-bond donors (Lipinski definition) is 4. The van der Waals surface area contributed by atoms with Crippen molar-refractivity contribution >= 4 is 45.4 Å². The molecule has 9 heteroatoms. The molecule has 2 saturated carbocycles. The minimum Gasteiger partial charge on any atom is -0.354 e. The first-order valence-electron chi connectivity index (χ1n) is 11.2. The number of rotatable bonds is 11. The Balaban J connectivity index is 1.81. The molecule has 1 atom stereocenters. The van der Waals surface area contributed by atoms with Crippen molar-refractivity contribution in [3.8, 4) is 0 Å². The zero-order chi connectivity index (χ0) is 21.8. The Bertz CT molecular complexity index is 552.